The number of benzene rings is 2. The summed E-state index contributed by atoms with van der Waals surface area (Å²) in [6.07, 6.45) is 1.99. The van der Waals surface area contributed by atoms with E-state index in [-0.39, 0.29) is 18.2 Å². The van der Waals surface area contributed by atoms with Crippen LogP contribution in [0, 0.1) is 0 Å². The van der Waals surface area contributed by atoms with Gasteiger partial charge in [0.15, 0.2) is 0 Å². The Bertz CT molecular complexity index is 1190. The van der Waals surface area contributed by atoms with Crippen LogP contribution in [-0.4, -0.2) is 54.4 Å². The molecule has 1 atom stereocenters. The van der Waals surface area contributed by atoms with Crippen molar-refractivity contribution in [3.63, 3.8) is 0 Å². The number of carbonyl (C=O) groups is 1. The highest BCUT2D eigenvalue weighted by Crippen LogP contribution is 2.26. The number of carbonyl (C=O) groups excluding carboxylic acids is 1. The molecule has 3 aromatic rings. The molecule has 186 valence electrons. The van der Waals surface area contributed by atoms with Crippen molar-refractivity contribution in [1.29, 1.82) is 0 Å². The van der Waals surface area contributed by atoms with E-state index in [2.05, 4.69) is 0 Å². The summed E-state index contributed by atoms with van der Waals surface area (Å²) in [6.45, 7) is 4.99. The average molecular weight is 480 g/mol. The monoisotopic (exact) mass is 479 g/mol. The Labute approximate surface area is 205 Å². The molecule has 2 aromatic carbocycles. The summed E-state index contributed by atoms with van der Waals surface area (Å²) >= 11 is 0. The Morgan fingerprint density at radius 1 is 1.17 bits per heavy atom. The van der Waals surface area contributed by atoms with Crippen LogP contribution in [-0.2, 0) is 27.4 Å². The zero-order chi connectivity index (χ0) is 24.6. The standard InChI is InChI=1S/C27H33N3O5/c1-2-33-14-12-30-25-16-23(35-22-7-4-3-5-8-22)11-10-20(25)15-21(27(30)32)17-29(19-26(28)31)18-24-9-6-13-34-24/h3-5,7-8,10-11,15-16,24H,2,6,9,12-14,17-19H2,1H3,(H2,28,31). The van der Waals surface area contributed by atoms with Gasteiger partial charge in [-0.15, -0.1) is 0 Å². The molecule has 1 saturated heterocycles. The third-order valence-corrected chi connectivity index (χ3v) is 6.04. The van der Waals surface area contributed by atoms with Gasteiger partial charge in [0.2, 0.25) is 5.91 Å². The van der Waals surface area contributed by atoms with E-state index in [9.17, 15) is 9.59 Å². The van der Waals surface area contributed by atoms with Crippen molar-refractivity contribution in [3.8, 4) is 11.5 Å². The third-order valence-electron chi connectivity index (χ3n) is 6.04. The second-order valence-electron chi connectivity index (χ2n) is 8.73. The van der Waals surface area contributed by atoms with Crippen LogP contribution in [0.25, 0.3) is 10.9 Å². The maximum atomic E-state index is 13.6. The molecule has 1 fully saturated rings. The quantitative estimate of drug-likeness (QED) is 0.401. The SMILES string of the molecule is CCOCCn1c(=O)c(CN(CC(N)=O)CC2CCCO2)cc2ccc(Oc3ccccc3)cc21. The number of hydrogen-bond donors (Lipinski definition) is 1. The zero-order valence-electron chi connectivity index (χ0n) is 20.2. The second kappa shape index (κ2) is 12.0. The Kier molecular flexibility index (Phi) is 8.52. The number of aromatic nitrogens is 1. The Morgan fingerprint density at radius 3 is 2.71 bits per heavy atom. The highest BCUT2D eigenvalue weighted by molar-refractivity contribution is 5.81. The molecule has 0 aliphatic carbocycles. The number of primary amides is 1. The molecule has 2 heterocycles. The number of hydrogen-bond acceptors (Lipinski definition) is 6. The van der Waals surface area contributed by atoms with Crippen molar-refractivity contribution in [2.75, 3.05) is 32.9 Å². The van der Waals surface area contributed by atoms with Gasteiger partial charge in [0.05, 0.1) is 24.8 Å². The predicted octanol–water partition coefficient (Wildman–Crippen LogP) is 3.30. The Balaban J connectivity index is 1.67. The Morgan fingerprint density at radius 2 is 2.00 bits per heavy atom. The van der Waals surface area contributed by atoms with E-state index in [1.807, 2.05) is 66.4 Å². The number of nitrogens with two attached hydrogens (primary N) is 1. The molecular formula is C27H33N3O5. The van der Waals surface area contributed by atoms with Gasteiger partial charge in [-0.2, -0.15) is 0 Å². The summed E-state index contributed by atoms with van der Waals surface area (Å²) < 4.78 is 19.0. The van der Waals surface area contributed by atoms with Gasteiger partial charge in [0.25, 0.3) is 5.56 Å². The maximum absolute atomic E-state index is 13.6. The number of rotatable bonds is 12. The van der Waals surface area contributed by atoms with Gasteiger partial charge in [-0.05, 0) is 55.5 Å². The molecule has 0 bridgehead atoms. The van der Waals surface area contributed by atoms with Crippen LogP contribution in [0.15, 0.2) is 59.4 Å². The van der Waals surface area contributed by atoms with Crippen molar-refractivity contribution in [2.45, 2.75) is 39.0 Å². The number of nitrogens with zero attached hydrogens (tertiary/aromatic N) is 2. The van der Waals surface area contributed by atoms with Gasteiger partial charge in [-0.25, -0.2) is 0 Å². The van der Waals surface area contributed by atoms with Gasteiger partial charge in [-0.1, -0.05) is 18.2 Å². The number of amides is 1. The van der Waals surface area contributed by atoms with E-state index in [1.165, 1.54) is 0 Å². The average Bonchev–Trinajstić information content (AvgIpc) is 3.35. The van der Waals surface area contributed by atoms with Gasteiger partial charge >= 0.3 is 0 Å². The van der Waals surface area contributed by atoms with Crippen molar-refractivity contribution in [1.82, 2.24) is 9.47 Å². The summed E-state index contributed by atoms with van der Waals surface area (Å²) in [6, 6.07) is 17.1. The fourth-order valence-corrected chi connectivity index (χ4v) is 4.46. The molecule has 8 nitrogen and oxygen atoms in total. The fourth-order valence-electron chi connectivity index (χ4n) is 4.46. The largest absolute Gasteiger partial charge is 0.457 e. The van der Waals surface area contributed by atoms with Crippen molar-refractivity contribution < 1.29 is 19.0 Å². The molecule has 1 aliphatic rings. The Hall–Kier alpha value is -3.20. The van der Waals surface area contributed by atoms with Gasteiger partial charge in [0.1, 0.15) is 11.5 Å². The smallest absolute Gasteiger partial charge is 0.255 e. The lowest BCUT2D eigenvalue weighted by molar-refractivity contribution is -0.119. The highest BCUT2D eigenvalue weighted by atomic mass is 16.5. The number of pyridine rings is 1. The van der Waals surface area contributed by atoms with Crippen LogP contribution < -0.4 is 16.0 Å². The van der Waals surface area contributed by atoms with Crippen LogP contribution in [0.5, 0.6) is 11.5 Å². The number of ether oxygens (including phenoxy) is 3. The third kappa shape index (κ3) is 6.69. The van der Waals surface area contributed by atoms with E-state index < -0.39 is 5.91 Å². The van der Waals surface area contributed by atoms with Crippen molar-refractivity contribution >= 4 is 16.8 Å². The first-order valence-electron chi connectivity index (χ1n) is 12.1. The summed E-state index contributed by atoms with van der Waals surface area (Å²) in [5.41, 5.74) is 6.76. The molecule has 2 N–H and O–H groups in total. The molecule has 1 unspecified atom stereocenters. The molecule has 1 aliphatic heterocycles. The van der Waals surface area contributed by atoms with Gasteiger partial charge in [-0.3, -0.25) is 14.5 Å². The topological polar surface area (TPSA) is 96.0 Å². The van der Waals surface area contributed by atoms with E-state index in [4.69, 9.17) is 19.9 Å². The fraction of sp³-hybridized carbons (Fsp3) is 0.407. The summed E-state index contributed by atoms with van der Waals surface area (Å²) in [7, 11) is 0. The normalized spacial score (nSPS) is 15.7. The lowest BCUT2D eigenvalue weighted by atomic mass is 10.1. The van der Waals surface area contributed by atoms with Crippen molar-refractivity contribution in [2.24, 2.45) is 5.73 Å². The zero-order valence-corrected chi connectivity index (χ0v) is 20.2. The predicted molar refractivity (Wildman–Crippen MR) is 135 cm³/mol. The number of para-hydroxylation sites is 1. The second-order valence-corrected chi connectivity index (χ2v) is 8.73. The summed E-state index contributed by atoms with van der Waals surface area (Å²) in [5, 5.41) is 0.910. The molecule has 1 aromatic heterocycles. The molecule has 4 rings (SSSR count). The molecule has 0 radical (unpaired) electrons. The van der Waals surface area contributed by atoms with Crippen LogP contribution in [0.2, 0.25) is 0 Å². The molecule has 0 saturated carbocycles. The molecule has 8 heteroatoms. The minimum atomic E-state index is -0.428. The first-order valence-corrected chi connectivity index (χ1v) is 12.1. The van der Waals surface area contributed by atoms with E-state index >= 15 is 0 Å². The lowest BCUT2D eigenvalue weighted by Gasteiger charge is -2.24. The summed E-state index contributed by atoms with van der Waals surface area (Å²) in [5.74, 6) is 0.945. The number of fused-ring (bicyclic) bond motifs is 1. The van der Waals surface area contributed by atoms with E-state index in [0.29, 0.717) is 44.2 Å². The first kappa shape index (κ1) is 24.9. The van der Waals surface area contributed by atoms with E-state index in [0.717, 1.165) is 36.1 Å². The lowest BCUT2D eigenvalue weighted by Crippen LogP contribution is -2.40. The molecule has 35 heavy (non-hydrogen) atoms. The van der Waals surface area contributed by atoms with Crippen LogP contribution in [0.1, 0.15) is 25.3 Å². The van der Waals surface area contributed by atoms with Crippen molar-refractivity contribution in [3.05, 3.63) is 70.5 Å². The van der Waals surface area contributed by atoms with Crippen LogP contribution in [0.3, 0.4) is 0 Å². The van der Waals surface area contributed by atoms with E-state index in [1.54, 1.807) is 4.57 Å². The van der Waals surface area contributed by atoms with Crippen LogP contribution in [0.4, 0.5) is 0 Å². The molecule has 1 amide bonds. The molecular weight excluding hydrogens is 446 g/mol. The van der Waals surface area contributed by atoms with Gasteiger partial charge < -0.3 is 24.5 Å². The first-order chi connectivity index (χ1) is 17.0. The van der Waals surface area contributed by atoms with Crippen LogP contribution >= 0.6 is 0 Å². The highest BCUT2D eigenvalue weighted by Gasteiger charge is 2.22. The summed E-state index contributed by atoms with van der Waals surface area (Å²) in [4.78, 5) is 27.2. The maximum Gasteiger partial charge on any atom is 0.255 e. The minimum Gasteiger partial charge on any atom is -0.457 e. The molecule has 0 spiro atoms. The van der Waals surface area contributed by atoms with Gasteiger partial charge in [0, 0.05) is 44.5 Å². The minimum absolute atomic E-state index is 0.0488.